The van der Waals surface area contributed by atoms with Crippen LogP contribution in [-0.4, -0.2) is 56.7 Å². The van der Waals surface area contributed by atoms with Gasteiger partial charge in [0.05, 0.1) is 13.2 Å². The van der Waals surface area contributed by atoms with Crippen LogP contribution in [0.25, 0.3) is 0 Å². The van der Waals surface area contributed by atoms with Crippen molar-refractivity contribution < 1.29 is 4.74 Å². The van der Waals surface area contributed by atoms with Crippen molar-refractivity contribution in [2.24, 2.45) is 16.8 Å². The molecule has 32 heavy (non-hydrogen) atoms. The second-order valence-electron chi connectivity index (χ2n) is 8.73. The van der Waals surface area contributed by atoms with Crippen molar-refractivity contribution in [1.29, 1.82) is 0 Å². The van der Waals surface area contributed by atoms with Gasteiger partial charge in [-0.05, 0) is 43.4 Å². The van der Waals surface area contributed by atoms with E-state index in [-0.39, 0.29) is 24.0 Å². The van der Waals surface area contributed by atoms with Gasteiger partial charge >= 0.3 is 0 Å². The predicted octanol–water partition coefficient (Wildman–Crippen LogP) is 4.64. The minimum Gasteiger partial charge on any atom is -0.376 e. The number of rotatable bonds is 8. The zero-order valence-electron chi connectivity index (χ0n) is 19.2. The molecule has 0 radical (unpaired) electrons. The van der Waals surface area contributed by atoms with Gasteiger partial charge in [0, 0.05) is 50.9 Å². The summed E-state index contributed by atoms with van der Waals surface area (Å²) in [5.41, 5.74) is 2.58. The highest BCUT2D eigenvalue weighted by molar-refractivity contribution is 14.0. The summed E-state index contributed by atoms with van der Waals surface area (Å²) < 4.78 is 5.99. The van der Waals surface area contributed by atoms with Gasteiger partial charge in [0.15, 0.2) is 5.96 Å². The fraction of sp³-hybridized carbons (Fsp3) is 0.500. The Morgan fingerprint density at radius 1 is 0.969 bits per heavy atom. The topological polar surface area (TPSA) is 40.1 Å². The molecule has 4 rings (SSSR count). The molecule has 2 unspecified atom stereocenters. The Labute approximate surface area is 210 Å². The molecule has 2 heterocycles. The Balaban J connectivity index is 0.00000289. The molecule has 174 valence electrons. The largest absolute Gasteiger partial charge is 0.376 e. The summed E-state index contributed by atoms with van der Waals surface area (Å²) in [5, 5.41) is 3.52. The normalized spacial score (nSPS) is 21.0. The van der Waals surface area contributed by atoms with Crippen LogP contribution in [0.3, 0.4) is 0 Å². The van der Waals surface area contributed by atoms with E-state index in [0.29, 0.717) is 18.4 Å². The highest BCUT2D eigenvalue weighted by Gasteiger charge is 2.26. The van der Waals surface area contributed by atoms with E-state index in [1.807, 2.05) is 6.07 Å². The molecule has 0 saturated carbocycles. The first-order chi connectivity index (χ1) is 15.3. The number of para-hydroxylation sites is 1. The molecular weight excluding hydrogens is 511 g/mol. The van der Waals surface area contributed by atoms with Gasteiger partial charge in [-0.3, -0.25) is 4.99 Å². The first-order valence-corrected chi connectivity index (χ1v) is 11.8. The van der Waals surface area contributed by atoms with Gasteiger partial charge in [0.2, 0.25) is 0 Å². The van der Waals surface area contributed by atoms with Crippen molar-refractivity contribution in [3.8, 4) is 0 Å². The monoisotopic (exact) mass is 548 g/mol. The van der Waals surface area contributed by atoms with Crippen molar-refractivity contribution in [3.63, 3.8) is 0 Å². The third kappa shape index (κ3) is 7.10. The second kappa shape index (κ2) is 13.0. The Hall–Kier alpha value is -1.80. The van der Waals surface area contributed by atoms with E-state index >= 15 is 0 Å². The zero-order chi connectivity index (χ0) is 21.3. The maximum atomic E-state index is 5.99. The quantitative estimate of drug-likeness (QED) is 0.297. The standard InChI is InChI=1S/C26H36N4O.HI/c1-2-27-26(28-17-23-13-15-29(18-23)25-11-7-4-8-12-25)30-16-14-24(19-30)21-31-20-22-9-5-3-6-10-22;/h3-12,23-24H,2,13-21H2,1H3,(H,27,28);1H. The number of ether oxygens (including phenoxy) is 1. The Morgan fingerprint density at radius 2 is 1.69 bits per heavy atom. The fourth-order valence-corrected chi connectivity index (χ4v) is 4.58. The summed E-state index contributed by atoms with van der Waals surface area (Å²) in [6, 6.07) is 21.2. The van der Waals surface area contributed by atoms with E-state index in [4.69, 9.17) is 9.73 Å². The first kappa shape index (κ1) is 24.8. The number of halogens is 1. The highest BCUT2D eigenvalue weighted by atomic mass is 127. The van der Waals surface area contributed by atoms with Crippen molar-refractivity contribution in [3.05, 3.63) is 66.2 Å². The highest BCUT2D eigenvalue weighted by Crippen LogP contribution is 2.24. The molecule has 2 aliphatic heterocycles. The van der Waals surface area contributed by atoms with Crippen molar-refractivity contribution in [2.45, 2.75) is 26.4 Å². The maximum Gasteiger partial charge on any atom is 0.193 e. The van der Waals surface area contributed by atoms with Gasteiger partial charge in [-0.15, -0.1) is 24.0 Å². The molecule has 0 bridgehead atoms. The molecule has 0 amide bonds. The van der Waals surface area contributed by atoms with Crippen LogP contribution in [0.4, 0.5) is 5.69 Å². The summed E-state index contributed by atoms with van der Waals surface area (Å²) in [4.78, 5) is 9.94. The SMILES string of the molecule is CCNC(=NCC1CCN(c2ccccc2)C1)N1CCC(COCc2ccccc2)C1.I. The molecule has 5 nitrogen and oxygen atoms in total. The lowest BCUT2D eigenvalue weighted by Gasteiger charge is -2.22. The number of hydrogen-bond acceptors (Lipinski definition) is 3. The Morgan fingerprint density at radius 3 is 2.44 bits per heavy atom. The summed E-state index contributed by atoms with van der Waals surface area (Å²) in [6.45, 7) is 9.80. The van der Waals surface area contributed by atoms with E-state index in [0.717, 1.165) is 51.8 Å². The summed E-state index contributed by atoms with van der Waals surface area (Å²) >= 11 is 0. The molecule has 0 aromatic heterocycles. The van der Waals surface area contributed by atoms with Crippen molar-refractivity contribution in [2.75, 3.05) is 50.8 Å². The number of nitrogens with one attached hydrogen (secondary N) is 1. The van der Waals surface area contributed by atoms with Gasteiger partial charge in [-0.2, -0.15) is 0 Å². The van der Waals surface area contributed by atoms with Crippen molar-refractivity contribution in [1.82, 2.24) is 10.2 Å². The van der Waals surface area contributed by atoms with E-state index in [9.17, 15) is 0 Å². The van der Waals surface area contributed by atoms with E-state index in [1.165, 1.54) is 24.1 Å². The average molecular weight is 549 g/mol. The van der Waals surface area contributed by atoms with Gasteiger partial charge < -0.3 is 19.9 Å². The zero-order valence-corrected chi connectivity index (χ0v) is 21.5. The van der Waals surface area contributed by atoms with Gasteiger partial charge in [0.25, 0.3) is 0 Å². The number of anilines is 1. The van der Waals surface area contributed by atoms with Crippen LogP contribution in [0.2, 0.25) is 0 Å². The number of aliphatic imine (C=N–C) groups is 1. The van der Waals surface area contributed by atoms with Gasteiger partial charge in [-0.25, -0.2) is 0 Å². The van der Waals surface area contributed by atoms with Crippen LogP contribution in [0, 0.1) is 11.8 Å². The van der Waals surface area contributed by atoms with E-state index in [1.54, 1.807) is 0 Å². The van der Waals surface area contributed by atoms with Crippen LogP contribution < -0.4 is 10.2 Å². The van der Waals surface area contributed by atoms with E-state index < -0.39 is 0 Å². The summed E-state index contributed by atoms with van der Waals surface area (Å²) in [7, 11) is 0. The molecule has 2 aromatic rings. The predicted molar refractivity (Wildman–Crippen MR) is 144 cm³/mol. The number of hydrogen-bond donors (Lipinski definition) is 1. The summed E-state index contributed by atoms with van der Waals surface area (Å²) in [6.07, 6.45) is 2.39. The van der Waals surface area contributed by atoms with Crippen LogP contribution in [0.15, 0.2) is 65.7 Å². The molecule has 0 aliphatic carbocycles. The molecule has 1 N–H and O–H groups in total. The number of guanidine groups is 1. The van der Waals surface area contributed by atoms with Crippen LogP contribution >= 0.6 is 24.0 Å². The minimum absolute atomic E-state index is 0. The second-order valence-corrected chi connectivity index (χ2v) is 8.73. The van der Waals surface area contributed by atoms with E-state index in [2.05, 4.69) is 76.6 Å². The molecule has 2 saturated heterocycles. The lowest BCUT2D eigenvalue weighted by Crippen LogP contribution is -2.40. The maximum absolute atomic E-state index is 5.99. The number of benzene rings is 2. The van der Waals surface area contributed by atoms with Crippen LogP contribution in [0.1, 0.15) is 25.3 Å². The first-order valence-electron chi connectivity index (χ1n) is 11.8. The summed E-state index contributed by atoms with van der Waals surface area (Å²) in [5.74, 6) is 2.28. The lowest BCUT2D eigenvalue weighted by atomic mass is 10.1. The molecule has 2 atom stereocenters. The Bertz CT molecular complexity index is 817. The number of nitrogens with zero attached hydrogens (tertiary/aromatic N) is 3. The van der Waals surface area contributed by atoms with Crippen LogP contribution in [-0.2, 0) is 11.3 Å². The molecule has 0 spiro atoms. The van der Waals surface area contributed by atoms with Crippen molar-refractivity contribution >= 4 is 35.6 Å². The Kier molecular flexibility index (Phi) is 10.1. The van der Waals surface area contributed by atoms with Gasteiger partial charge in [0.1, 0.15) is 0 Å². The fourth-order valence-electron chi connectivity index (χ4n) is 4.58. The third-order valence-electron chi connectivity index (χ3n) is 6.29. The molecule has 6 heteroatoms. The molecule has 2 aliphatic rings. The smallest absolute Gasteiger partial charge is 0.193 e. The minimum atomic E-state index is 0. The van der Waals surface area contributed by atoms with Crippen LogP contribution in [0.5, 0.6) is 0 Å². The number of likely N-dealkylation sites (tertiary alicyclic amines) is 1. The lowest BCUT2D eigenvalue weighted by molar-refractivity contribution is 0.0906. The molecular formula is C26H37IN4O. The third-order valence-corrected chi connectivity index (χ3v) is 6.29. The average Bonchev–Trinajstić information content (AvgIpc) is 3.48. The molecule has 2 fully saturated rings. The van der Waals surface area contributed by atoms with Gasteiger partial charge in [-0.1, -0.05) is 48.5 Å². The molecule has 2 aromatic carbocycles.